The van der Waals surface area contributed by atoms with Crippen molar-refractivity contribution < 1.29 is 10.2 Å². The van der Waals surface area contributed by atoms with Gasteiger partial charge in [-0.2, -0.15) is 0 Å². The molecule has 0 spiro atoms. The van der Waals surface area contributed by atoms with Crippen LogP contribution < -0.4 is 0 Å². The van der Waals surface area contributed by atoms with Gasteiger partial charge in [-0.1, -0.05) is 75.5 Å². The van der Waals surface area contributed by atoms with E-state index in [1.807, 2.05) is 6.07 Å². The third kappa shape index (κ3) is 10.7. The Morgan fingerprint density at radius 1 is 0.760 bits per heavy atom. The van der Waals surface area contributed by atoms with Crippen molar-refractivity contribution in [3.63, 3.8) is 0 Å². The van der Waals surface area contributed by atoms with Gasteiger partial charge in [-0.25, -0.2) is 0 Å². The fraction of sp³-hybridized carbons (Fsp3) is 0.565. The SMILES string of the molecule is CCCCCC=CCC=CCCCCCCCc1cccc(O)c1O. The van der Waals surface area contributed by atoms with Crippen LogP contribution in [0.1, 0.15) is 83.1 Å². The number of rotatable bonds is 14. The first-order valence-corrected chi connectivity index (χ1v) is 10.1. The molecule has 0 amide bonds. The number of benzene rings is 1. The molecule has 0 radical (unpaired) electrons. The Morgan fingerprint density at radius 2 is 1.40 bits per heavy atom. The Hall–Kier alpha value is -1.70. The summed E-state index contributed by atoms with van der Waals surface area (Å²) < 4.78 is 0. The van der Waals surface area contributed by atoms with E-state index in [1.165, 1.54) is 63.9 Å². The van der Waals surface area contributed by atoms with Crippen molar-refractivity contribution in [1.82, 2.24) is 0 Å². The Labute approximate surface area is 154 Å². The van der Waals surface area contributed by atoms with Gasteiger partial charge >= 0.3 is 0 Å². The zero-order valence-corrected chi connectivity index (χ0v) is 15.9. The molecule has 0 aliphatic rings. The van der Waals surface area contributed by atoms with Crippen molar-refractivity contribution in [3.05, 3.63) is 48.1 Å². The average molecular weight is 345 g/mol. The highest BCUT2D eigenvalue weighted by atomic mass is 16.3. The van der Waals surface area contributed by atoms with Crippen molar-refractivity contribution >= 4 is 0 Å². The number of phenols is 2. The molecule has 2 N–H and O–H groups in total. The highest BCUT2D eigenvalue weighted by molar-refractivity contribution is 5.44. The molecule has 140 valence electrons. The highest BCUT2D eigenvalue weighted by Gasteiger charge is 2.04. The molecule has 0 unspecified atom stereocenters. The molecule has 2 nitrogen and oxygen atoms in total. The molecule has 0 aromatic heterocycles. The smallest absolute Gasteiger partial charge is 0.160 e. The molecule has 0 saturated heterocycles. The highest BCUT2D eigenvalue weighted by Crippen LogP contribution is 2.29. The summed E-state index contributed by atoms with van der Waals surface area (Å²) in [5.74, 6) is 0.0344. The molecule has 25 heavy (non-hydrogen) atoms. The summed E-state index contributed by atoms with van der Waals surface area (Å²) in [6.45, 7) is 2.24. The van der Waals surface area contributed by atoms with Crippen molar-refractivity contribution in [2.45, 2.75) is 84.0 Å². The molecular formula is C23H36O2. The summed E-state index contributed by atoms with van der Waals surface area (Å²) >= 11 is 0. The topological polar surface area (TPSA) is 40.5 Å². The van der Waals surface area contributed by atoms with Crippen molar-refractivity contribution in [2.24, 2.45) is 0 Å². The zero-order valence-electron chi connectivity index (χ0n) is 15.9. The van der Waals surface area contributed by atoms with Crippen LogP contribution in [0.3, 0.4) is 0 Å². The lowest BCUT2D eigenvalue weighted by Crippen LogP contribution is -1.87. The van der Waals surface area contributed by atoms with Crippen LogP contribution in [0.25, 0.3) is 0 Å². The van der Waals surface area contributed by atoms with Gasteiger partial charge < -0.3 is 10.2 Å². The van der Waals surface area contributed by atoms with Crippen LogP contribution in [0, 0.1) is 0 Å². The first-order valence-electron chi connectivity index (χ1n) is 10.1. The number of hydrogen-bond acceptors (Lipinski definition) is 2. The van der Waals surface area contributed by atoms with Gasteiger partial charge in [0.15, 0.2) is 11.5 Å². The predicted octanol–water partition coefficient (Wildman–Crippen LogP) is 7.06. The maximum absolute atomic E-state index is 9.75. The lowest BCUT2D eigenvalue weighted by molar-refractivity contribution is 0.398. The summed E-state index contributed by atoms with van der Waals surface area (Å²) in [5, 5.41) is 19.2. The van der Waals surface area contributed by atoms with E-state index in [4.69, 9.17) is 0 Å². The maximum atomic E-state index is 9.75. The normalized spacial score (nSPS) is 11.7. The van der Waals surface area contributed by atoms with Crippen molar-refractivity contribution in [1.29, 1.82) is 0 Å². The van der Waals surface area contributed by atoms with E-state index in [1.54, 1.807) is 6.07 Å². The third-order valence-corrected chi connectivity index (χ3v) is 4.50. The first-order chi connectivity index (χ1) is 12.3. The van der Waals surface area contributed by atoms with Crippen LogP contribution in [0.5, 0.6) is 11.5 Å². The van der Waals surface area contributed by atoms with Gasteiger partial charge in [-0.15, -0.1) is 0 Å². The Balaban J connectivity index is 1.93. The predicted molar refractivity (Wildman–Crippen MR) is 108 cm³/mol. The molecule has 0 aliphatic heterocycles. The van der Waals surface area contributed by atoms with Crippen LogP contribution in [0.15, 0.2) is 42.5 Å². The fourth-order valence-electron chi connectivity index (χ4n) is 2.91. The zero-order chi connectivity index (χ0) is 18.2. The number of unbranched alkanes of at least 4 members (excludes halogenated alkanes) is 8. The number of hydrogen-bond donors (Lipinski definition) is 2. The van der Waals surface area contributed by atoms with E-state index in [-0.39, 0.29) is 11.5 Å². The first kappa shape index (κ1) is 21.3. The summed E-state index contributed by atoms with van der Waals surface area (Å²) in [6, 6.07) is 5.20. The quantitative estimate of drug-likeness (QED) is 0.215. The summed E-state index contributed by atoms with van der Waals surface area (Å²) in [4.78, 5) is 0. The Morgan fingerprint density at radius 3 is 2.12 bits per heavy atom. The summed E-state index contributed by atoms with van der Waals surface area (Å²) in [6.07, 6.45) is 23.5. The molecule has 1 rings (SSSR count). The molecule has 2 heteroatoms. The van der Waals surface area contributed by atoms with Gasteiger partial charge in [0.1, 0.15) is 0 Å². The summed E-state index contributed by atoms with van der Waals surface area (Å²) in [7, 11) is 0. The fourth-order valence-corrected chi connectivity index (χ4v) is 2.91. The van der Waals surface area contributed by atoms with Crippen LogP contribution in [-0.2, 0) is 6.42 Å². The second kappa shape index (κ2) is 14.6. The molecule has 0 atom stereocenters. The van der Waals surface area contributed by atoms with Gasteiger partial charge in [0.05, 0.1) is 0 Å². The van der Waals surface area contributed by atoms with Gasteiger partial charge in [-0.05, 0) is 56.6 Å². The lowest BCUT2D eigenvalue weighted by atomic mass is 10.0. The molecular weight excluding hydrogens is 308 g/mol. The van der Waals surface area contributed by atoms with Gasteiger partial charge in [0.2, 0.25) is 0 Å². The van der Waals surface area contributed by atoms with Crippen molar-refractivity contribution in [3.8, 4) is 11.5 Å². The van der Waals surface area contributed by atoms with E-state index in [0.717, 1.165) is 24.8 Å². The molecule has 0 fully saturated rings. The molecule has 1 aromatic carbocycles. The van der Waals surface area contributed by atoms with Crippen LogP contribution in [0.2, 0.25) is 0 Å². The number of phenolic OH excluding ortho intramolecular Hbond substituents is 2. The van der Waals surface area contributed by atoms with E-state index in [0.29, 0.717) is 0 Å². The standard InChI is InChI=1S/C23H36O2/c1-2-3-4-5-6-7-8-9-10-11-12-13-14-15-16-18-21-19-17-20-22(24)23(21)25/h6-7,9-10,17,19-20,24-25H,2-5,8,11-16,18H2,1H3. The van der Waals surface area contributed by atoms with Crippen LogP contribution in [-0.4, -0.2) is 10.2 Å². The number of allylic oxidation sites excluding steroid dienone is 4. The van der Waals surface area contributed by atoms with Crippen LogP contribution in [0.4, 0.5) is 0 Å². The maximum Gasteiger partial charge on any atom is 0.160 e. The lowest BCUT2D eigenvalue weighted by Gasteiger charge is -2.05. The molecule has 0 heterocycles. The van der Waals surface area contributed by atoms with Crippen molar-refractivity contribution in [2.75, 3.05) is 0 Å². The largest absolute Gasteiger partial charge is 0.504 e. The van der Waals surface area contributed by atoms with Gasteiger partial charge in [0.25, 0.3) is 0 Å². The van der Waals surface area contributed by atoms with Gasteiger partial charge in [-0.3, -0.25) is 0 Å². The van der Waals surface area contributed by atoms with E-state index < -0.39 is 0 Å². The molecule has 0 saturated carbocycles. The number of aryl methyl sites for hydroxylation is 1. The second-order valence-corrected chi connectivity index (χ2v) is 6.77. The Kier molecular flexibility index (Phi) is 12.5. The average Bonchev–Trinajstić information content (AvgIpc) is 2.61. The van der Waals surface area contributed by atoms with Gasteiger partial charge in [0, 0.05) is 0 Å². The van der Waals surface area contributed by atoms with E-state index in [9.17, 15) is 10.2 Å². The van der Waals surface area contributed by atoms with E-state index in [2.05, 4.69) is 31.2 Å². The monoisotopic (exact) mass is 344 g/mol. The van der Waals surface area contributed by atoms with E-state index >= 15 is 0 Å². The minimum Gasteiger partial charge on any atom is -0.504 e. The summed E-state index contributed by atoms with van der Waals surface area (Å²) in [5.41, 5.74) is 0.852. The number of para-hydroxylation sites is 1. The minimum atomic E-state index is -0.0138. The molecule has 1 aromatic rings. The third-order valence-electron chi connectivity index (χ3n) is 4.50. The minimum absolute atomic E-state index is 0.0138. The van der Waals surface area contributed by atoms with Crippen LogP contribution >= 0.6 is 0 Å². The number of aromatic hydroxyl groups is 2. The Bertz CT molecular complexity index is 503. The second-order valence-electron chi connectivity index (χ2n) is 6.77. The molecule has 0 aliphatic carbocycles. The molecule has 0 bridgehead atoms.